The van der Waals surface area contributed by atoms with Gasteiger partial charge < -0.3 is 24.4 Å². The second-order valence-corrected chi connectivity index (χ2v) is 7.36. The van der Waals surface area contributed by atoms with E-state index < -0.39 is 0 Å². The van der Waals surface area contributed by atoms with Gasteiger partial charge in [0.05, 0.1) is 18.2 Å². The largest absolute Gasteiger partial charge is 0.508 e. The van der Waals surface area contributed by atoms with Crippen LogP contribution in [0.1, 0.15) is 24.2 Å². The van der Waals surface area contributed by atoms with Crippen molar-refractivity contribution in [3.63, 3.8) is 0 Å². The average molecular weight is 405 g/mol. The van der Waals surface area contributed by atoms with Crippen LogP contribution in [0, 0.1) is 0 Å². The molecule has 6 nitrogen and oxygen atoms in total. The molecule has 1 N–H and O–H groups in total. The number of hydrogen-bond donors (Lipinski definition) is 1. The van der Waals surface area contributed by atoms with Crippen molar-refractivity contribution >= 4 is 23.2 Å². The van der Waals surface area contributed by atoms with E-state index in [1.54, 1.807) is 24.3 Å². The first kappa shape index (κ1) is 20.1. The zero-order chi connectivity index (χ0) is 20.3. The van der Waals surface area contributed by atoms with Gasteiger partial charge in [-0.2, -0.15) is 0 Å². The number of ether oxygens (including phenoxy) is 2. The van der Waals surface area contributed by atoms with Gasteiger partial charge in [-0.3, -0.25) is 4.79 Å². The lowest BCUT2D eigenvalue weighted by Crippen LogP contribution is -2.48. The van der Waals surface area contributed by atoms with E-state index in [-0.39, 0.29) is 17.8 Å². The van der Waals surface area contributed by atoms with E-state index >= 15 is 0 Å². The SMILES string of the molecule is COc1cc(C(=O)N2CCN(c3ccc(O)cc3)CC2)cc(Cl)c1OC(C)C. The molecule has 28 heavy (non-hydrogen) atoms. The van der Waals surface area contributed by atoms with Crippen molar-refractivity contribution in [3.8, 4) is 17.2 Å². The smallest absolute Gasteiger partial charge is 0.254 e. The van der Waals surface area contributed by atoms with Gasteiger partial charge in [0.15, 0.2) is 11.5 Å². The standard InChI is InChI=1S/C21H25ClN2O4/c1-14(2)28-20-18(22)12-15(13-19(20)27-3)21(26)24-10-8-23(9-11-24)16-4-6-17(25)7-5-16/h4-7,12-14,25H,8-11H2,1-3H3. The Balaban J connectivity index is 1.71. The predicted molar refractivity (Wildman–Crippen MR) is 110 cm³/mol. The van der Waals surface area contributed by atoms with Crippen LogP contribution in [-0.2, 0) is 0 Å². The summed E-state index contributed by atoms with van der Waals surface area (Å²) in [5, 5.41) is 9.79. The summed E-state index contributed by atoms with van der Waals surface area (Å²) in [5.74, 6) is 1.06. The highest BCUT2D eigenvalue weighted by Gasteiger charge is 2.24. The summed E-state index contributed by atoms with van der Waals surface area (Å²) in [5.41, 5.74) is 1.51. The Bertz CT molecular complexity index is 831. The molecule has 0 bridgehead atoms. The van der Waals surface area contributed by atoms with Gasteiger partial charge in [0.2, 0.25) is 0 Å². The molecule has 0 aromatic heterocycles. The number of aromatic hydroxyl groups is 1. The van der Waals surface area contributed by atoms with Crippen molar-refractivity contribution in [2.75, 3.05) is 38.2 Å². The van der Waals surface area contributed by atoms with Gasteiger partial charge in [-0.1, -0.05) is 11.6 Å². The van der Waals surface area contributed by atoms with E-state index in [1.165, 1.54) is 7.11 Å². The summed E-state index contributed by atoms with van der Waals surface area (Å²) in [4.78, 5) is 17.0. The van der Waals surface area contributed by atoms with Gasteiger partial charge in [0.25, 0.3) is 5.91 Å². The van der Waals surface area contributed by atoms with Gasteiger partial charge in [0, 0.05) is 37.4 Å². The molecule has 1 amide bonds. The summed E-state index contributed by atoms with van der Waals surface area (Å²) >= 11 is 6.35. The Morgan fingerprint density at radius 3 is 2.32 bits per heavy atom. The van der Waals surface area contributed by atoms with E-state index in [1.807, 2.05) is 30.9 Å². The Morgan fingerprint density at radius 2 is 1.75 bits per heavy atom. The summed E-state index contributed by atoms with van der Waals surface area (Å²) in [6.45, 7) is 6.45. The summed E-state index contributed by atoms with van der Waals surface area (Å²) < 4.78 is 11.1. The van der Waals surface area contributed by atoms with Crippen molar-refractivity contribution in [1.29, 1.82) is 0 Å². The monoisotopic (exact) mass is 404 g/mol. The maximum atomic E-state index is 13.0. The molecule has 0 unspecified atom stereocenters. The van der Waals surface area contributed by atoms with Crippen molar-refractivity contribution in [2.24, 2.45) is 0 Å². The molecule has 7 heteroatoms. The second kappa shape index (κ2) is 8.61. The molecule has 1 heterocycles. The quantitative estimate of drug-likeness (QED) is 0.821. The molecule has 1 saturated heterocycles. The Kier molecular flexibility index (Phi) is 6.19. The first-order valence-corrected chi connectivity index (χ1v) is 9.64. The predicted octanol–water partition coefficient (Wildman–Crippen LogP) is 3.80. The minimum atomic E-state index is -0.0818. The molecule has 1 fully saturated rings. The lowest BCUT2D eigenvalue weighted by Gasteiger charge is -2.36. The molecule has 0 atom stereocenters. The van der Waals surface area contributed by atoms with E-state index in [4.69, 9.17) is 21.1 Å². The van der Waals surface area contributed by atoms with E-state index in [2.05, 4.69) is 4.90 Å². The number of methoxy groups -OCH3 is 1. The first-order chi connectivity index (χ1) is 13.4. The van der Waals surface area contributed by atoms with Crippen molar-refractivity contribution in [1.82, 2.24) is 4.90 Å². The van der Waals surface area contributed by atoms with Gasteiger partial charge in [-0.25, -0.2) is 0 Å². The van der Waals surface area contributed by atoms with Crippen molar-refractivity contribution in [3.05, 3.63) is 47.0 Å². The lowest BCUT2D eigenvalue weighted by atomic mass is 10.1. The van der Waals surface area contributed by atoms with Crippen LogP contribution in [0.5, 0.6) is 17.2 Å². The van der Waals surface area contributed by atoms with Crippen LogP contribution >= 0.6 is 11.6 Å². The molecular weight excluding hydrogens is 380 g/mol. The Morgan fingerprint density at radius 1 is 1.11 bits per heavy atom. The van der Waals surface area contributed by atoms with Gasteiger partial charge in [-0.15, -0.1) is 0 Å². The normalized spacial score (nSPS) is 14.3. The number of nitrogens with zero attached hydrogens (tertiary/aromatic N) is 2. The number of amides is 1. The molecule has 0 aliphatic carbocycles. The number of carbonyl (C=O) groups is 1. The van der Waals surface area contributed by atoms with Crippen molar-refractivity contribution in [2.45, 2.75) is 20.0 Å². The Labute approximate surface area is 170 Å². The third kappa shape index (κ3) is 4.44. The molecule has 0 saturated carbocycles. The number of hydrogen-bond acceptors (Lipinski definition) is 5. The number of carbonyl (C=O) groups excluding carboxylic acids is 1. The number of phenolic OH excluding ortho intramolecular Hbond substituents is 1. The highest BCUT2D eigenvalue weighted by Crippen LogP contribution is 2.37. The fourth-order valence-corrected chi connectivity index (χ4v) is 3.46. The molecule has 2 aromatic rings. The molecule has 150 valence electrons. The lowest BCUT2D eigenvalue weighted by molar-refractivity contribution is 0.0746. The summed E-state index contributed by atoms with van der Waals surface area (Å²) in [6.07, 6.45) is -0.0547. The van der Waals surface area contributed by atoms with Crippen LogP contribution in [0.3, 0.4) is 0 Å². The molecule has 3 rings (SSSR count). The second-order valence-electron chi connectivity index (χ2n) is 6.95. The average Bonchev–Trinajstić information content (AvgIpc) is 2.69. The number of phenols is 1. The number of halogens is 1. The Hall–Kier alpha value is -2.60. The molecule has 0 spiro atoms. The number of benzene rings is 2. The topological polar surface area (TPSA) is 62.2 Å². The number of rotatable bonds is 5. The van der Waals surface area contributed by atoms with E-state index in [0.29, 0.717) is 35.2 Å². The highest BCUT2D eigenvalue weighted by molar-refractivity contribution is 6.32. The van der Waals surface area contributed by atoms with Crippen LogP contribution in [0.4, 0.5) is 5.69 Å². The number of anilines is 1. The minimum absolute atomic E-state index is 0.0547. The van der Waals surface area contributed by atoms with Gasteiger partial charge in [-0.05, 0) is 50.2 Å². The summed E-state index contributed by atoms with van der Waals surface area (Å²) in [7, 11) is 1.53. The molecule has 1 aliphatic rings. The maximum Gasteiger partial charge on any atom is 0.254 e. The molecule has 2 aromatic carbocycles. The van der Waals surface area contributed by atoms with Gasteiger partial charge in [0.1, 0.15) is 5.75 Å². The summed E-state index contributed by atoms with van der Waals surface area (Å²) in [6, 6.07) is 10.4. The fraction of sp³-hybridized carbons (Fsp3) is 0.381. The molecule has 1 aliphatic heterocycles. The molecular formula is C21H25ClN2O4. The van der Waals surface area contributed by atoms with Crippen LogP contribution in [-0.4, -0.2) is 55.3 Å². The van der Waals surface area contributed by atoms with Crippen LogP contribution < -0.4 is 14.4 Å². The highest BCUT2D eigenvalue weighted by atomic mass is 35.5. The first-order valence-electron chi connectivity index (χ1n) is 9.26. The van der Waals surface area contributed by atoms with Crippen molar-refractivity contribution < 1.29 is 19.4 Å². The van der Waals surface area contributed by atoms with E-state index in [0.717, 1.165) is 18.8 Å². The maximum absolute atomic E-state index is 13.0. The van der Waals surface area contributed by atoms with Crippen LogP contribution in [0.15, 0.2) is 36.4 Å². The number of piperazine rings is 1. The van der Waals surface area contributed by atoms with Crippen LogP contribution in [0.2, 0.25) is 5.02 Å². The molecule has 0 radical (unpaired) electrons. The minimum Gasteiger partial charge on any atom is -0.508 e. The third-order valence-corrected chi connectivity index (χ3v) is 4.89. The zero-order valence-corrected chi connectivity index (χ0v) is 17.1. The van der Waals surface area contributed by atoms with E-state index in [9.17, 15) is 9.90 Å². The fourth-order valence-electron chi connectivity index (χ4n) is 3.21. The van der Waals surface area contributed by atoms with Gasteiger partial charge >= 0.3 is 0 Å². The van der Waals surface area contributed by atoms with Crippen LogP contribution in [0.25, 0.3) is 0 Å². The zero-order valence-electron chi connectivity index (χ0n) is 16.3. The third-order valence-electron chi connectivity index (χ3n) is 4.61.